The number of carboxylic acid groups (broad SMARTS) is 1. The Morgan fingerprint density at radius 2 is 1.63 bits per heavy atom. The van der Waals surface area contributed by atoms with Crippen LogP contribution in [0.4, 0.5) is 11.4 Å². The molecule has 0 spiro atoms. The number of hydrogen-bond acceptors (Lipinski definition) is 5. The maximum absolute atomic E-state index is 12.7. The largest absolute Gasteiger partial charge is 0.481 e. The SMILES string of the molecule is O=C(O)CCC(=O)NNc1ccnc2c(NC(=O)c3c(Cl)cccc3Cl)cccc12. The van der Waals surface area contributed by atoms with Gasteiger partial charge in [0.25, 0.3) is 5.91 Å². The van der Waals surface area contributed by atoms with Crippen LogP contribution in [0, 0.1) is 0 Å². The number of fused-ring (bicyclic) bond motifs is 1. The molecule has 1 aromatic heterocycles. The summed E-state index contributed by atoms with van der Waals surface area (Å²) in [5.41, 5.74) is 6.77. The topological polar surface area (TPSA) is 120 Å². The summed E-state index contributed by atoms with van der Waals surface area (Å²) >= 11 is 12.2. The van der Waals surface area contributed by atoms with Gasteiger partial charge in [-0.2, -0.15) is 0 Å². The van der Waals surface area contributed by atoms with Gasteiger partial charge < -0.3 is 10.4 Å². The van der Waals surface area contributed by atoms with Crippen molar-refractivity contribution in [2.24, 2.45) is 0 Å². The van der Waals surface area contributed by atoms with Gasteiger partial charge in [-0.25, -0.2) is 0 Å². The quantitative estimate of drug-likeness (QED) is 0.405. The number of benzene rings is 2. The highest BCUT2D eigenvalue weighted by molar-refractivity contribution is 6.40. The summed E-state index contributed by atoms with van der Waals surface area (Å²) in [6.07, 6.45) is 1.07. The van der Waals surface area contributed by atoms with E-state index in [9.17, 15) is 14.4 Å². The highest BCUT2D eigenvalue weighted by Crippen LogP contribution is 2.29. The molecule has 0 aliphatic heterocycles. The Labute approximate surface area is 181 Å². The number of carbonyl (C=O) groups is 3. The van der Waals surface area contributed by atoms with Crippen molar-refractivity contribution in [3.8, 4) is 0 Å². The number of aliphatic carboxylic acids is 1. The minimum absolute atomic E-state index is 0.151. The summed E-state index contributed by atoms with van der Waals surface area (Å²) in [5.74, 6) is -2.01. The number of carboxylic acids is 1. The zero-order valence-electron chi connectivity index (χ0n) is 15.4. The van der Waals surface area contributed by atoms with Crippen LogP contribution in [0.15, 0.2) is 48.7 Å². The van der Waals surface area contributed by atoms with Gasteiger partial charge in [-0.05, 0) is 24.3 Å². The number of pyridine rings is 1. The molecule has 1 heterocycles. The number of hydrazine groups is 1. The predicted octanol–water partition coefficient (Wildman–Crippen LogP) is 4.10. The van der Waals surface area contributed by atoms with Gasteiger partial charge in [0.15, 0.2) is 0 Å². The molecule has 2 aromatic carbocycles. The molecule has 0 saturated heterocycles. The monoisotopic (exact) mass is 446 g/mol. The fourth-order valence-corrected chi connectivity index (χ4v) is 3.27. The van der Waals surface area contributed by atoms with Crippen molar-refractivity contribution in [3.63, 3.8) is 0 Å². The zero-order valence-corrected chi connectivity index (χ0v) is 16.9. The van der Waals surface area contributed by atoms with Gasteiger partial charge in [0.05, 0.1) is 38.9 Å². The molecule has 0 atom stereocenters. The van der Waals surface area contributed by atoms with E-state index in [2.05, 4.69) is 21.2 Å². The van der Waals surface area contributed by atoms with Crippen LogP contribution in [0.1, 0.15) is 23.2 Å². The van der Waals surface area contributed by atoms with Crippen LogP contribution in [0.5, 0.6) is 0 Å². The fourth-order valence-electron chi connectivity index (χ4n) is 2.71. The minimum atomic E-state index is -1.06. The van der Waals surface area contributed by atoms with Crippen molar-refractivity contribution in [2.75, 3.05) is 10.7 Å². The van der Waals surface area contributed by atoms with Crippen molar-refractivity contribution < 1.29 is 19.5 Å². The first-order valence-electron chi connectivity index (χ1n) is 8.76. The van der Waals surface area contributed by atoms with Crippen molar-refractivity contribution in [1.29, 1.82) is 0 Å². The van der Waals surface area contributed by atoms with Crippen LogP contribution < -0.4 is 16.2 Å². The molecule has 0 radical (unpaired) electrons. The fraction of sp³-hybridized carbons (Fsp3) is 0.100. The third-order valence-electron chi connectivity index (χ3n) is 4.11. The van der Waals surface area contributed by atoms with Crippen molar-refractivity contribution in [2.45, 2.75) is 12.8 Å². The number of hydrogen-bond donors (Lipinski definition) is 4. The minimum Gasteiger partial charge on any atom is -0.481 e. The van der Waals surface area contributed by atoms with E-state index in [1.165, 1.54) is 6.20 Å². The summed E-state index contributed by atoms with van der Waals surface area (Å²) in [5, 5.41) is 12.5. The molecule has 0 aliphatic rings. The van der Waals surface area contributed by atoms with Crippen LogP contribution >= 0.6 is 23.2 Å². The molecule has 2 amide bonds. The highest BCUT2D eigenvalue weighted by Gasteiger charge is 2.16. The molecule has 10 heteroatoms. The molecular weight excluding hydrogens is 431 g/mol. The van der Waals surface area contributed by atoms with E-state index in [4.69, 9.17) is 28.3 Å². The molecular formula is C20H16Cl2N4O4. The van der Waals surface area contributed by atoms with Gasteiger partial charge in [0, 0.05) is 18.0 Å². The second-order valence-corrected chi connectivity index (χ2v) is 6.99. The maximum Gasteiger partial charge on any atom is 0.303 e. The third kappa shape index (κ3) is 4.97. The van der Waals surface area contributed by atoms with Gasteiger partial charge in [0.1, 0.15) is 0 Å². The van der Waals surface area contributed by atoms with E-state index in [0.29, 0.717) is 22.3 Å². The number of halogens is 2. The van der Waals surface area contributed by atoms with E-state index < -0.39 is 17.8 Å². The molecule has 0 aliphatic carbocycles. The van der Waals surface area contributed by atoms with Gasteiger partial charge in [0.2, 0.25) is 5.91 Å². The number of carbonyl (C=O) groups excluding carboxylic acids is 2. The number of para-hydroxylation sites is 1. The van der Waals surface area contributed by atoms with Gasteiger partial charge >= 0.3 is 5.97 Å². The third-order valence-corrected chi connectivity index (χ3v) is 4.74. The standard InChI is InChI=1S/C20H16Cl2N4O4/c21-12-4-2-5-13(22)18(12)20(30)24-15-6-1-3-11-14(9-10-23-19(11)15)25-26-16(27)7-8-17(28)29/h1-6,9-10H,7-8H2,(H,23,25)(H,24,30)(H,26,27)(H,28,29). The lowest BCUT2D eigenvalue weighted by molar-refractivity contribution is -0.138. The first kappa shape index (κ1) is 21.4. The van der Waals surface area contributed by atoms with Crippen LogP contribution in [0.3, 0.4) is 0 Å². The molecule has 8 nitrogen and oxygen atoms in total. The normalized spacial score (nSPS) is 10.5. The molecule has 3 rings (SSSR count). The lowest BCUT2D eigenvalue weighted by atomic mass is 10.1. The van der Waals surface area contributed by atoms with Crippen molar-refractivity contribution in [1.82, 2.24) is 10.4 Å². The summed E-state index contributed by atoms with van der Waals surface area (Å²) in [7, 11) is 0. The molecule has 0 bridgehead atoms. The van der Waals surface area contributed by atoms with Gasteiger partial charge in [-0.3, -0.25) is 30.2 Å². The number of nitrogens with one attached hydrogen (secondary N) is 3. The molecule has 0 unspecified atom stereocenters. The van der Waals surface area contributed by atoms with Crippen LogP contribution in [-0.4, -0.2) is 27.9 Å². The Hall–Kier alpha value is -3.36. The summed E-state index contributed by atoms with van der Waals surface area (Å²) in [6, 6.07) is 11.6. The summed E-state index contributed by atoms with van der Waals surface area (Å²) in [4.78, 5) is 39.3. The van der Waals surface area contributed by atoms with Crippen molar-refractivity contribution >= 4 is 63.3 Å². The van der Waals surface area contributed by atoms with E-state index in [0.717, 1.165) is 0 Å². The first-order chi connectivity index (χ1) is 14.4. The molecule has 4 N–H and O–H groups in total. The molecule has 3 aromatic rings. The second kappa shape index (κ2) is 9.43. The van der Waals surface area contributed by atoms with Gasteiger partial charge in [-0.15, -0.1) is 0 Å². The Kier molecular flexibility index (Phi) is 6.71. The van der Waals surface area contributed by atoms with Gasteiger partial charge in [-0.1, -0.05) is 41.4 Å². The summed E-state index contributed by atoms with van der Waals surface area (Å²) < 4.78 is 0. The second-order valence-electron chi connectivity index (χ2n) is 6.18. The predicted molar refractivity (Wildman–Crippen MR) is 115 cm³/mol. The average molecular weight is 447 g/mol. The average Bonchev–Trinajstić information content (AvgIpc) is 2.71. The first-order valence-corrected chi connectivity index (χ1v) is 9.52. The van der Waals surface area contributed by atoms with E-state index >= 15 is 0 Å². The Bertz CT molecular complexity index is 1120. The van der Waals surface area contributed by atoms with Crippen LogP contribution in [-0.2, 0) is 9.59 Å². The molecule has 154 valence electrons. The van der Waals surface area contributed by atoms with E-state index in [1.807, 2.05) is 0 Å². The van der Waals surface area contributed by atoms with E-state index in [-0.39, 0.29) is 28.5 Å². The maximum atomic E-state index is 12.7. The van der Waals surface area contributed by atoms with Crippen LogP contribution in [0.25, 0.3) is 10.9 Å². The summed E-state index contributed by atoms with van der Waals surface area (Å²) in [6.45, 7) is 0. The number of anilines is 2. The molecule has 0 saturated carbocycles. The Morgan fingerprint density at radius 1 is 0.933 bits per heavy atom. The molecule has 30 heavy (non-hydrogen) atoms. The Morgan fingerprint density at radius 3 is 2.33 bits per heavy atom. The number of nitrogens with zero attached hydrogens (tertiary/aromatic N) is 1. The lowest BCUT2D eigenvalue weighted by Gasteiger charge is -2.13. The highest BCUT2D eigenvalue weighted by atomic mass is 35.5. The number of amides is 2. The lowest BCUT2D eigenvalue weighted by Crippen LogP contribution is -2.29. The number of rotatable bonds is 7. The van der Waals surface area contributed by atoms with E-state index in [1.54, 1.807) is 42.5 Å². The zero-order chi connectivity index (χ0) is 21.7. The Balaban J connectivity index is 1.83. The smallest absolute Gasteiger partial charge is 0.303 e. The molecule has 0 fully saturated rings. The number of aromatic nitrogens is 1. The van der Waals surface area contributed by atoms with Crippen LogP contribution in [0.2, 0.25) is 10.0 Å². The van der Waals surface area contributed by atoms with Crippen molar-refractivity contribution in [3.05, 3.63) is 64.3 Å².